The van der Waals surface area contributed by atoms with Crippen molar-refractivity contribution in [2.45, 2.75) is 19.1 Å². The van der Waals surface area contributed by atoms with Crippen LogP contribution in [0.1, 0.15) is 17.2 Å². The van der Waals surface area contributed by atoms with Crippen LogP contribution in [0.25, 0.3) is 11.0 Å². The molecule has 2 heterocycles. The molecule has 0 aliphatic carbocycles. The van der Waals surface area contributed by atoms with Gasteiger partial charge in [0.15, 0.2) is 11.5 Å². The number of hydrogen-bond acceptors (Lipinski definition) is 7. The number of anilines is 2. The van der Waals surface area contributed by atoms with E-state index >= 15 is 0 Å². The maximum absolute atomic E-state index is 15.0. The average Bonchev–Trinajstić information content (AvgIpc) is 3.65. The van der Waals surface area contributed by atoms with Gasteiger partial charge in [0.1, 0.15) is 23.9 Å². The number of para-hydroxylation sites is 1. The Bertz CT molecular complexity index is 1790. The molecule has 0 fully saturated rings. The van der Waals surface area contributed by atoms with Crippen LogP contribution in [0.3, 0.4) is 0 Å². The molecule has 1 aliphatic rings. The Kier molecular flexibility index (Phi) is 7.61. The normalized spacial score (nSPS) is 12.6. The summed E-state index contributed by atoms with van der Waals surface area (Å²) in [5, 5.41) is 11.3. The number of carbonyl (C=O) groups excluding carboxylic acids is 2. The van der Waals surface area contributed by atoms with Gasteiger partial charge in [-0.15, -0.1) is 5.10 Å². The van der Waals surface area contributed by atoms with Crippen LogP contribution in [0.2, 0.25) is 0 Å². The van der Waals surface area contributed by atoms with Gasteiger partial charge in [-0.3, -0.25) is 9.59 Å². The number of nitrogens with one attached hydrogen (secondary N) is 1. The molecule has 2 amide bonds. The minimum absolute atomic E-state index is 0.0467. The highest BCUT2D eigenvalue weighted by Gasteiger charge is 2.34. The van der Waals surface area contributed by atoms with E-state index in [0.29, 0.717) is 33.8 Å². The second-order valence-corrected chi connectivity index (χ2v) is 10.3. The van der Waals surface area contributed by atoms with Crippen molar-refractivity contribution in [3.8, 4) is 11.5 Å². The molecular formula is C32H29FN6O4. The molecule has 10 nitrogen and oxygen atoms in total. The molecule has 0 radical (unpaired) electrons. The van der Waals surface area contributed by atoms with Gasteiger partial charge in [0, 0.05) is 37.6 Å². The molecule has 0 bridgehead atoms. The Morgan fingerprint density at radius 1 is 0.953 bits per heavy atom. The van der Waals surface area contributed by atoms with Crippen LogP contribution >= 0.6 is 0 Å². The summed E-state index contributed by atoms with van der Waals surface area (Å²) in [5.74, 6) is -0.450. The summed E-state index contributed by atoms with van der Waals surface area (Å²) in [7, 11) is 3.85. The largest absolute Gasteiger partial charge is 0.454 e. The number of nitrogens with zero attached hydrogens (tertiary/aromatic N) is 5. The Balaban J connectivity index is 1.41. The van der Waals surface area contributed by atoms with Crippen molar-refractivity contribution >= 4 is 34.2 Å². The SMILES string of the molecule is CN(C)c1ccc(NC(=O)C(c2ccc3c(c2)OCO3)N(Cc2ccccc2F)C(=O)Cn2nnc3ccccc32)cc1. The zero-order valence-electron chi connectivity index (χ0n) is 23.6. The Morgan fingerprint density at radius 2 is 1.70 bits per heavy atom. The maximum atomic E-state index is 15.0. The second-order valence-electron chi connectivity index (χ2n) is 10.3. The molecule has 6 rings (SSSR count). The van der Waals surface area contributed by atoms with E-state index < -0.39 is 23.7 Å². The molecule has 4 aromatic carbocycles. The quantitative estimate of drug-likeness (QED) is 0.268. The number of halogens is 1. The first kappa shape index (κ1) is 27.7. The number of fused-ring (bicyclic) bond motifs is 2. The van der Waals surface area contributed by atoms with Crippen LogP contribution < -0.4 is 19.7 Å². The lowest BCUT2D eigenvalue weighted by Crippen LogP contribution is -2.42. The third kappa shape index (κ3) is 5.82. The van der Waals surface area contributed by atoms with Gasteiger partial charge in [0.05, 0.1) is 5.52 Å². The van der Waals surface area contributed by atoms with Crippen molar-refractivity contribution in [2.75, 3.05) is 31.1 Å². The smallest absolute Gasteiger partial charge is 0.251 e. The summed E-state index contributed by atoms with van der Waals surface area (Å²) in [6, 6.07) is 24.7. The molecule has 1 aliphatic heterocycles. The van der Waals surface area contributed by atoms with Gasteiger partial charge in [-0.1, -0.05) is 41.6 Å². The lowest BCUT2D eigenvalue weighted by Gasteiger charge is -2.32. The zero-order chi connectivity index (χ0) is 29.9. The van der Waals surface area contributed by atoms with E-state index in [-0.39, 0.29) is 25.4 Å². The molecule has 0 saturated carbocycles. The number of amides is 2. The van der Waals surface area contributed by atoms with Crippen LogP contribution in [-0.2, 0) is 22.7 Å². The number of benzene rings is 4. The Morgan fingerprint density at radius 3 is 2.49 bits per heavy atom. The molecule has 1 N–H and O–H groups in total. The first-order chi connectivity index (χ1) is 20.9. The van der Waals surface area contributed by atoms with E-state index in [1.165, 1.54) is 15.6 Å². The van der Waals surface area contributed by atoms with Crippen molar-refractivity contribution in [1.82, 2.24) is 19.9 Å². The van der Waals surface area contributed by atoms with Crippen molar-refractivity contribution in [3.05, 3.63) is 108 Å². The lowest BCUT2D eigenvalue weighted by molar-refractivity contribution is -0.140. The summed E-state index contributed by atoms with van der Waals surface area (Å²) in [6.07, 6.45) is 0. The zero-order valence-corrected chi connectivity index (χ0v) is 23.6. The maximum Gasteiger partial charge on any atom is 0.251 e. The van der Waals surface area contributed by atoms with Gasteiger partial charge in [-0.25, -0.2) is 9.07 Å². The highest BCUT2D eigenvalue weighted by molar-refractivity contribution is 5.98. The molecule has 1 aromatic heterocycles. The van der Waals surface area contributed by atoms with Crippen LogP contribution in [0, 0.1) is 5.82 Å². The van der Waals surface area contributed by atoms with Crippen molar-refractivity contribution in [3.63, 3.8) is 0 Å². The van der Waals surface area contributed by atoms with Gasteiger partial charge >= 0.3 is 0 Å². The van der Waals surface area contributed by atoms with Crippen LogP contribution in [-0.4, -0.2) is 52.6 Å². The average molecular weight is 581 g/mol. The van der Waals surface area contributed by atoms with E-state index in [1.54, 1.807) is 54.6 Å². The van der Waals surface area contributed by atoms with E-state index in [4.69, 9.17) is 9.47 Å². The number of hydrogen-bond donors (Lipinski definition) is 1. The number of rotatable bonds is 9. The predicted octanol–water partition coefficient (Wildman–Crippen LogP) is 4.77. The van der Waals surface area contributed by atoms with E-state index in [2.05, 4.69) is 15.6 Å². The van der Waals surface area contributed by atoms with Crippen LogP contribution in [0.4, 0.5) is 15.8 Å². The van der Waals surface area contributed by atoms with Crippen LogP contribution in [0.15, 0.2) is 91.0 Å². The van der Waals surface area contributed by atoms with Gasteiger partial charge < -0.3 is 24.6 Å². The molecule has 11 heteroatoms. The summed E-state index contributed by atoms with van der Waals surface area (Å²) >= 11 is 0. The van der Waals surface area contributed by atoms with Crippen LogP contribution in [0.5, 0.6) is 11.5 Å². The minimum atomic E-state index is -1.16. The van der Waals surface area contributed by atoms with E-state index in [9.17, 15) is 14.0 Å². The molecule has 5 aromatic rings. The second kappa shape index (κ2) is 11.8. The fourth-order valence-corrected chi connectivity index (χ4v) is 5.00. The molecular weight excluding hydrogens is 551 g/mol. The molecule has 1 unspecified atom stereocenters. The Labute approximate surface area is 247 Å². The number of ether oxygens (including phenoxy) is 2. The molecule has 0 spiro atoms. The predicted molar refractivity (Wildman–Crippen MR) is 159 cm³/mol. The Hall–Kier alpha value is -5.45. The van der Waals surface area contributed by atoms with Gasteiger partial charge in [-0.2, -0.15) is 0 Å². The topological polar surface area (TPSA) is 102 Å². The first-order valence-corrected chi connectivity index (χ1v) is 13.7. The van der Waals surface area contributed by atoms with Gasteiger partial charge in [0.25, 0.3) is 5.91 Å². The van der Waals surface area contributed by atoms with Gasteiger partial charge in [-0.05, 0) is 60.2 Å². The fraction of sp³-hybridized carbons (Fsp3) is 0.188. The summed E-state index contributed by atoms with van der Waals surface area (Å²) in [5.41, 5.74) is 3.52. The van der Waals surface area contributed by atoms with Gasteiger partial charge in [0.2, 0.25) is 12.7 Å². The summed E-state index contributed by atoms with van der Waals surface area (Å²) < 4.78 is 27.5. The molecule has 43 heavy (non-hydrogen) atoms. The monoisotopic (exact) mass is 580 g/mol. The van der Waals surface area contributed by atoms with Crippen molar-refractivity contribution in [1.29, 1.82) is 0 Å². The summed E-state index contributed by atoms with van der Waals surface area (Å²) in [4.78, 5) is 31.6. The third-order valence-corrected chi connectivity index (χ3v) is 7.25. The molecule has 0 saturated heterocycles. The molecule has 218 valence electrons. The highest BCUT2D eigenvalue weighted by atomic mass is 19.1. The number of carbonyl (C=O) groups is 2. The lowest BCUT2D eigenvalue weighted by atomic mass is 10.0. The third-order valence-electron chi connectivity index (χ3n) is 7.25. The summed E-state index contributed by atoms with van der Waals surface area (Å²) in [6.45, 7) is -0.351. The highest BCUT2D eigenvalue weighted by Crippen LogP contribution is 2.37. The van der Waals surface area contributed by atoms with E-state index in [0.717, 1.165) is 5.69 Å². The van der Waals surface area contributed by atoms with Crippen molar-refractivity contribution < 1.29 is 23.5 Å². The first-order valence-electron chi connectivity index (χ1n) is 13.7. The van der Waals surface area contributed by atoms with E-state index in [1.807, 2.05) is 49.3 Å². The fourth-order valence-electron chi connectivity index (χ4n) is 5.00. The van der Waals surface area contributed by atoms with Crippen molar-refractivity contribution in [2.24, 2.45) is 0 Å². The molecule has 1 atom stereocenters. The minimum Gasteiger partial charge on any atom is -0.454 e. The number of aromatic nitrogens is 3. The standard InChI is InChI=1S/C32H29FN6O4/c1-37(2)24-14-12-23(13-15-24)34-32(41)31(21-11-16-28-29(17-21)43-20-42-28)38(18-22-7-3-4-8-25(22)33)30(40)19-39-27-10-6-5-9-26(27)35-36-39/h3-17,31H,18-20H2,1-2H3,(H,34,41).